The van der Waals surface area contributed by atoms with Crippen LogP contribution in [-0.4, -0.2) is 16.4 Å². The summed E-state index contributed by atoms with van der Waals surface area (Å²) in [7, 11) is 2.77. The van der Waals surface area contributed by atoms with E-state index in [1.54, 1.807) is 0 Å². The number of rotatable bonds is 5. The number of benzene rings is 2. The van der Waals surface area contributed by atoms with Crippen molar-refractivity contribution in [2.24, 2.45) is 0 Å². The predicted octanol–water partition coefficient (Wildman–Crippen LogP) is 4.95. The average molecular weight is 338 g/mol. The van der Waals surface area contributed by atoms with Gasteiger partial charge in [-0.3, -0.25) is 0 Å². The molecule has 0 heterocycles. The summed E-state index contributed by atoms with van der Waals surface area (Å²) in [6, 6.07) is 12.0. The number of allylic oxidation sites excluding steroid dienone is 3. The summed E-state index contributed by atoms with van der Waals surface area (Å²) in [6.07, 6.45) is 7.38. The van der Waals surface area contributed by atoms with E-state index in [1.165, 1.54) is 24.5 Å². The van der Waals surface area contributed by atoms with Gasteiger partial charge in [0, 0.05) is 12.0 Å². The smallest absolute Gasteiger partial charge is 0.161 e. The molecule has 0 aliphatic heterocycles. The highest BCUT2D eigenvalue weighted by Gasteiger charge is 2.20. The number of fused-ring (bicyclic) bond motifs is 1. The van der Waals surface area contributed by atoms with Crippen LogP contribution < -0.4 is 0 Å². The number of aryl methyl sites for hydroxylation is 1. The number of hydrogen-bond acceptors (Lipinski definition) is 2. The zero-order chi connectivity index (χ0) is 17.1. The van der Waals surface area contributed by atoms with E-state index in [9.17, 15) is 10.2 Å². The third-order valence-electron chi connectivity index (χ3n) is 4.57. The molecule has 0 aromatic heterocycles. The summed E-state index contributed by atoms with van der Waals surface area (Å²) < 4.78 is 0. The first-order valence-corrected chi connectivity index (χ1v) is 9.15. The van der Waals surface area contributed by atoms with Crippen LogP contribution in [0.4, 0.5) is 0 Å². The Labute approximate surface area is 145 Å². The molecule has 24 heavy (non-hydrogen) atoms. The molecule has 0 saturated carbocycles. The first-order chi connectivity index (χ1) is 11.6. The number of aromatic hydroxyl groups is 2. The van der Waals surface area contributed by atoms with Crippen LogP contribution in [0.5, 0.6) is 11.5 Å². The highest BCUT2D eigenvalue weighted by Crippen LogP contribution is 2.41. The van der Waals surface area contributed by atoms with Gasteiger partial charge in [-0.25, -0.2) is 0 Å². The van der Waals surface area contributed by atoms with Gasteiger partial charge in [0.25, 0.3) is 0 Å². The number of hydrogen-bond donors (Lipinski definition) is 2. The van der Waals surface area contributed by atoms with Gasteiger partial charge in [-0.05, 0) is 59.3 Å². The van der Waals surface area contributed by atoms with E-state index >= 15 is 0 Å². The molecule has 1 unspecified atom stereocenters. The van der Waals surface area contributed by atoms with Crippen LogP contribution in [0.1, 0.15) is 35.1 Å². The lowest BCUT2D eigenvalue weighted by atomic mass is 9.85. The molecule has 0 spiro atoms. The van der Waals surface area contributed by atoms with Gasteiger partial charge >= 0.3 is 0 Å². The molecule has 2 aromatic carbocycles. The lowest BCUT2D eigenvalue weighted by Crippen LogP contribution is -2.02. The van der Waals surface area contributed by atoms with E-state index in [2.05, 4.69) is 46.2 Å². The molecule has 0 fully saturated rings. The molecule has 3 rings (SSSR count). The molecule has 2 N–H and O–H groups in total. The van der Waals surface area contributed by atoms with Crippen molar-refractivity contribution in [2.75, 3.05) is 6.16 Å². The van der Waals surface area contributed by atoms with Gasteiger partial charge in [0.05, 0.1) is 0 Å². The van der Waals surface area contributed by atoms with Crippen LogP contribution in [0.15, 0.2) is 49.1 Å². The van der Waals surface area contributed by atoms with Crippen molar-refractivity contribution in [3.05, 3.63) is 71.3 Å². The topological polar surface area (TPSA) is 40.5 Å². The predicted molar refractivity (Wildman–Crippen MR) is 104 cm³/mol. The molecule has 2 aromatic rings. The Balaban J connectivity index is 1.83. The highest BCUT2D eigenvalue weighted by atomic mass is 31.0. The van der Waals surface area contributed by atoms with Gasteiger partial charge in [-0.2, -0.15) is 0 Å². The summed E-state index contributed by atoms with van der Waals surface area (Å²) in [5.41, 5.74) is 6.13. The fourth-order valence-corrected chi connectivity index (χ4v) is 3.47. The minimum Gasteiger partial charge on any atom is -0.504 e. The van der Waals surface area contributed by atoms with Crippen molar-refractivity contribution in [2.45, 2.75) is 25.7 Å². The molecule has 1 atom stereocenters. The molecular weight excluding hydrogens is 315 g/mol. The molecule has 0 saturated heterocycles. The fourth-order valence-electron chi connectivity index (χ4n) is 3.18. The summed E-state index contributed by atoms with van der Waals surface area (Å²) in [6.45, 7) is 4.10. The van der Waals surface area contributed by atoms with Crippen molar-refractivity contribution in [3.8, 4) is 11.5 Å². The Bertz CT molecular complexity index is 788. The van der Waals surface area contributed by atoms with Crippen molar-refractivity contribution < 1.29 is 10.2 Å². The Hall–Kier alpha value is -2.05. The molecule has 0 amide bonds. The zero-order valence-corrected chi connectivity index (χ0v) is 14.9. The van der Waals surface area contributed by atoms with E-state index in [-0.39, 0.29) is 11.5 Å². The largest absolute Gasteiger partial charge is 0.504 e. The molecule has 3 heteroatoms. The summed E-state index contributed by atoms with van der Waals surface area (Å²) in [4.78, 5) is 0. The minimum absolute atomic E-state index is 0.0340. The Kier molecular flexibility index (Phi) is 5.06. The van der Waals surface area contributed by atoms with E-state index in [4.69, 9.17) is 0 Å². The second-order valence-electron chi connectivity index (χ2n) is 6.27. The average Bonchev–Trinajstić information content (AvgIpc) is 2.59. The summed E-state index contributed by atoms with van der Waals surface area (Å²) in [5.74, 6) is -0.111. The number of phenols is 2. The lowest BCUT2D eigenvalue weighted by Gasteiger charge is -2.21. The van der Waals surface area contributed by atoms with Crippen LogP contribution in [0.25, 0.3) is 11.1 Å². The maximum absolute atomic E-state index is 10.2. The Morgan fingerprint density at radius 2 is 1.75 bits per heavy atom. The van der Waals surface area contributed by atoms with Gasteiger partial charge in [-0.1, -0.05) is 43.0 Å². The SMILES string of the molecule is C=C1C=C(c2ccc(CCCCP)cc2)Cc2c1ccc(O)c2O. The van der Waals surface area contributed by atoms with Crippen molar-refractivity contribution in [1.29, 1.82) is 0 Å². The van der Waals surface area contributed by atoms with Gasteiger partial charge in [0.1, 0.15) is 0 Å². The van der Waals surface area contributed by atoms with Gasteiger partial charge in [0.2, 0.25) is 0 Å². The zero-order valence-electron chi connectivity index (χ0n) is 13.8. The van der Waals surface area contributed by atoms with Crippen molar-refractivity contribution in [1.82, 2.24) is 0 Å². The first-order valence-electron chi connectivity index (χ1n) is 8.33. The second-order valence-corrected chi connectivity index (χ2v) is 6.85. The Morgan fingerprint density at radius 1 is 1.00 bits per heavy atom. The molecule has 1 aliphatic carbocycles. The van der Waals surface area contributed by atoms with Crippen LogP contribution >= 0.6 is 9.24 Å². The minimum atomic E-state index is -0.0766. The van der Waals surface area contributed by atoms with Gasteiger partial charge < -0.3 is 10.2 Å². The Morgan fingerprint density at radius 3 is 2.46 bits per heavy atom. The second kappa shape index (κ2) is 7.23. The van der Waals surface area contributed by atoms with E-state index < -0.39 is 0 Å². The van der Waals surface area contributed by atoms with Crippen LogP contribution in [0, 0.1) is 0 Å². The van der Waals surface area contributed by atoms with Crippen molar-refractivity contribution in [3.63, 3.8) is 0 Å². The third kappa shape index (κ3) is 3.39. The van der Waals surface area contributed by atoms with Gasteiger partial charge in [-0.15, -0.1) is 9.24 Å². The van der Waals surface area contributed by atoms with E-state index in [0.717, 1.165) is 40.4 Å². The molecule has 0 radical (unpaired) electrons. The molecule has 2 nitrogen and oxygen atoms in total. The standard InChI is InChI=1S/C21H23O2P/c1-14-12-17(13-19-18(14)9-10-20(22)21(19)23)16-7-5-15(6-8-16)4-2-3-11-24/h5-10,12,22-23H,1-4,11,13,24H2. The van der Waals surface area contributed by atoms with Crippen LogP contribution in [0.3, 0.4) is 0 Å². The highest BCUT2D eigenvalue weighted by molar-refractivity contribution is 7.16. The maximum atomic E-state index is 10.2. The van der Waals surface area contributed by atoms with E-state index in [0.29, 0.717) is 6.42 Å². The first kappa shape index (κ1) is 16.8. The molecule has 1 aliphatic rings. The number of phenolic OH excluding ortho intramolecular Hbond substituents is 2. The molecule has 0 bridgehead atoms. The van der Waals surface area contributed by atoms with Crippen LogP contribution in [0.2, 0.25) is 0 Å². The third-order valence-corrected chi connectivity index (χ3v) is 4.98. The normalized spacial score (nSPS) is 13.5. The quantitative estimate of drug-likeness (QED) is 0.460. The maximum Gasteiger partial charge on any atom is 0.161 e. The van der Waals surface area contributed by atoms with E-state index in [1.807, 2.05) is 6.07 Å². The van der Waals surface area contributed by atoms with Gasteiger partial charge in [0.15, 0.2) is 11.5 Å². The summed E-state index contributed by atoms with van der Waals surface area (Å²) in [5, 5.41) is 19.9. The van der Waals surface area contributed by atoms with Crippen molar-refractivity contribution >= 4 is 20.4 Å². The van der Waals surface area contributed by atoms with Crippen LogP contribution in [-0.2, 0) is 12.8 Å². The summed E-state index contributed by atoms with van der Waals surface area (Å²) >= 11 is 0. The monoisotopic (exact) mass is 338 g/mol. The molecule has 124 valence electrons. The fraction of sp³-hybridized carbons (Fsp3) is 0.238. The molecular formula is C21H23O2P. The number of unbranched alkanes of at least 4 members (excludes halogenated alkanes) is 1. The lowest BCUT2D eigenvalue weighted by molar-refractivity contribution is 0.400.